The number of rotatable bonds is 2. The molecular formula is C16H24O. The van der Waals surface area contributed by atoms with Crippen LogP contribution in [0.1, 0.15) is 62.2 Å². The molecule has 0 saturated heterocycles. The summed E-state index contributed by atoms with van der Waals surface area (Å²) in [5, 5.41) is 10.5. The van der Waals surface area contributed by atoms with Gasteiger partial charge in [0.25, 0.3) is 0 Å². The van der Waals surface area contributed by atoms with Crippen LogP contribution in [0.15, 0.2) is 24.3 Å². The highest BCUT2D eigenvalue weighted by Crippen LogP contribution is 2.33. The van der Waals surface area contributed by atoms with Gasteiger partial charge in [0.05, 0.1) is 6.10 Å². The molecule has 1 aliphatic rings. The van der Waals surface area contributed by atoms with Crippen LogP contribution in [0.4, 0.5) is 0 Å². The zero-order valence-electron chi connectivity index (χ0n) is 10.9. The molecule has 1 saturated carbocycles. The van der Waals surface area contributed by atoms with Crippen molar-refractivity contribution in [2.24, 2.45) is 5.92 Å². The van der Waals surface area contributed by atoms with Crippen molar-refractivity contribution in [1.82, 2.24) is 0 Å². The molecule has 1 atom stereocenters. The van der Waals surface area contributed by atoms with Crippen LogP contribution in [0.25, 0.3) is 0 Å². The molecule has 0 aliphatic heterocycles. The normalized spacial score (nSPS) is 20.6. The van der Waals surface area contributed by atoms with Gasteiger partial charge in [-0.25, -0.2) is 0 Å². The van der Waals surface area contributed by atoms with Crippen molar-refractivity contribution in [2.75, 3.05) is 0 Å². The van der Waals surface area contributed by atoms with E-state index in [4.69, 9.17) is 0 Å². The number of aliphatic hydroxyl groups is 1. The Hall–Kier alpha value is -0.820. The fraction of sp³-hybridized carbons (Fsp3) is 0.625. The Labute approximate surface area is 105 Å². The number of benzene rings is 1. The molecule has 1 nitrogen and oxygen atoms in total. The van der Waals surface area contributed by atoms with Crippen LogP contribution in [0, 0.1) is 12.8 Å². The van der Waals surface area contributed by atoms with E-state index in [0.29, 0.717) is 5.92 Å². The van der Waals surface area contributed by atoms with E-state index in [1.807, 2.05) is 12.1 Å². The van der Waals surface area contributed by atoms with Gasteiger partial charge in [-0.3, -0.25) is 0 Å². The van der Waals surface area contributed by atoms with Gasteiger partial charge in [-0.15, -0.1) is 0 Å². The molecule has 17 heavy (non-hydrogen) atoms. The highest BCUT2D eigenvalue weighted by molar-refractivity contribution is 5.28. The number of aliphatic hydroxyl groups excluding tert-OH is 1. The van der Waals surface area contributed by atoms with Crippen LogP contribution in [-0.4, -0.2) is 5.11 Å². The van der Waals surface area contributed by atoms with Gasteiger partial charge < -0.3 is 5.11 Å². The van der Waals surface area contributed by atoms with Gasteiger partial charge in [-0.05, 0) is 36.8 Å². The highest BCUT2D eigenvalue weighted by Gasteiger charge is 2.22. The second kappa shape index (κ2) is 6.20. The lowest BCUT2D eigenvalue weighted by Gasteiger charge is -2.26. The molecule has 1 aromatic rings. The Balaban J connectivity index is 2.07. The topological polar surface area (TPSA) is 20.2 Å². The van der Waals surface area contributed by atoms with Crippen molar-refractivity contribution in [1.29, 1.82) is 0 Å². The summed E-state index contributed by atoms with van der Waals surface area (Å²) < 4.78 is 0. The van der Waals surface area contributed by atoms with Gasteiger partial charge in [0, 0.05) is 0 Å². The molecule has 94 valence electrons. The number of hydrogen-bond donors (Lipinski definition) is 1. The molecule has 1 heteroatoms. The van der Waals surface area contributed by atoms with E-state index in [1.54, 1.807) is 0 Å². The summed E-state index contributed by atoms with van der Waals surface area (Å²) in [5.74, 6) is 0.469. The van der Waals surface area contributed by atoms with Crippen molar-refractivity contribution in [3.63, 3.8) is 0 Å². The lowest BCUT2D eigenvalue weighted by atomic mass is 9.83. The second-order valence-corrected chi connectivity index (χ2v) is 5.41. The largest absolute Gasteiger partial charge is 0.388 e. The summed E-state index contributed by atoms with van der Waals surface area (Å²) in [6.07, 6.45) is 8.77. The van der Waals surface area contributed by atoms with E-state index in [0.717, 1.165) is 5.56 Å². The Kier molecular flexibility index (Phi) is 4.61. The molecule has 0 heterocycles. The minimum absolute atomic E-state index is 0.255. The Morgan fingerprint density at radius 1 is 1.00 bits per heavy atom. The second-order valence-electron chi connectivity index (χ2n) is 5.41. The first kappa shape index (κ1) is 12.6. The quantitative estimate of drug-likeness (QED) is 0.801. The van der Waals surface area contributed by atoms with E-state index in [-0.39, 0.29) is 6.10 Å². The summed E-state index contributed by atoms with van der Waals surface area (Å²) in [5.41, 5.74) is 2.36. The predicted octanol–water partition coefficient (Wildman–Crippen LogP) is 4.39. The zero-order chi connectivity index (χ0) is 12.1. The molecule has 2 rings (SSSR count). The van der Waals surface area contributed by atoms with Gasteiger partial charge >= 0.3 is 0 Å². The lowest BCUT2D eigenvalue weighted by Crippen LogP contribution is -2.15. The van der Waals surface area contributed by atoms with Crippen LogP contribution < -0.4 is 0 Å². The van der Waals surface area contributed by atoms with Crippen LogP contribution in [-0.2, 0) is 0 Å². The first-order valence-corrected chi connectivity index (χ1v) is 7.02. The Morgan fingerprint density at radius 2 is 1.59 bits per heavy atom. The van der Waals surface area contributed by atoms with Gasteiger partial charge in [-0.1, -0.05) is 56.4 Å². The molecule has 0 amide bonds. The van der Waals surface area contributed by atoms with Gasteiger partial charge in [0.2, 0.25) is 0 Å². The number of aryl methyl sites for hydroxylation is 1. The monoisotopic (exact) mass is 232 g/mol. The van der Waals surface area contributed by atoms with Crippen LogP contribution >= 0.6 is 0 Å². The molecule has 1 aromatic carbocycles. The number of hydrogen-bond acceptors (Lipinski definition) is 1. The fourth-order valence-electron chi connectivity index (χ4n) is 2.98. The van der Waals surface area contributed by atoms with Crippen molar-refractivity contribution in [3.8, 4) is 0 Å². The van der Waals surface area contributed by atoms with Crippen molar-refractivity contribution in [2.45, 2.75) is 58.0 Å². The first-order valence-electron chi connectivity index (χ1n) is 7.02. The summed E-state index contributed by atoms with van der Waals surface area (Å²) >= 11 is 0. The van der Waals surface area contributed by atoms with E-state index in [1.165, 1.54) is 50.5 Å². The van der Waals surface area contributed by atoms with E-state index in [2.05, 4.69) is 19.1 Å². The molecule has 1 fully saturated rings. The Morgan fingerprint density at radius 3 is 2.24 bits per heavy atom. The SMILES string of the molecule is Cc1ccccc1C(O)C1CCCCCCC1. The molecule has 1 unspecified atom stereocenters. The summed E-state index contributed by atoms with van der Waals surface area (Å²) in [7, 11) is 0. The molecule has 1 N–H and O–H groups in total. The first-order chi connectivity index (χ1) is 8.29. The third kappa shape index (κ3) is 3.32. The molecule has 1 aliphatic carbocycles. The van der Waals surface area contributed by atoms with Gasteiger partial charge in [0.15, 0.2) is 0 Å². The van der Waals surface area contributed by atoms with Crippen LogP contribution in [0.3, 0.4) is 0 Å². The third-order valence-electron chi connectivity index (χ3n) is 4.10. The van der Waals surface area contributed by atoms with Gasteiger partial charge in [0.1, 0.15) is 0 Å². The predicted molar refractivity (Wildman–Crippen MR) is 71.9 cm³/mol. The maximum Gasteiger partial charge on any atom is 0.0820 e. The summed E-state index contributed by atoms with van der Waals surface area (Å²) in [6.45, 7) is 2.10. The minimum atomic E-state index is -0.255. The standard InChI is InChI=1S/C16H24O/c1-13-9-7-8-12-15(13)16(17)14-10-5-3-2-4-6-11-14/h7-9,12,14,16-17H,2-6,10-11H2,1H3. The molecule has 0 aromatic heterocycles. The van der Waals surface area contributed by atoms with Crippen molar-refractivity contribution in [3.05, 3.63) is 35.4 Å². The molecule has 0 bridgehead atoms. The van der Waals surface area contributed by atoms with E-state index >= 15 is 0 Å². The molecular weight excluding hydrogens is 208 g/mol. The molecule has 0 spiro atoms. The van der Waals surface area contributed by atoms with Crippen LogP contribution in [0.5, 0.6) is 0 Å². The maximum atomic E-state index is 10.5. The average molecular weight is 232 g/mol. The Bertz CT molecular complexity index is 337. The minimum Gasteiger partial charge on any atom is -0.388 e. The average Bonchev–Trinajstić information content (AvgIpc) is 2.28. The van der Waals surface area contributed by atoms with Gasteiger partial charge in [-0.2, -0.15) is 0 Å². The highest BCUT2D eigenvalue weighted by atomic mass is 16.3. The maximum absolute atomic E-state index is 10.5. The van der Waals surface area contributed by atoms with Crippen molar-refractivity contribution < 1.29 is 5.11 Å². The lowest BCUT2D eigenvalue weighted by molar-refractivity contribution is 0.0907. The van der Waals surface area contributed by atoms with Crippen molar-refractivity contribution >= 4 is 0 Å². The molecule has 0 radical (unpaired) electrons. The summed E-state index contributed by atoms with van der Waals surface area (Å²) in [4.78, 5) is 0. The summed E-state index contributed by atoms with van der Waals surface area (Å²) in [6, 6.07) is 8.26. The van der Waals surface area contributed by atoms with Crippen LogP contribution in [0.2, 0.25) is 0 Å². The third-order valence-corrected chi connectivity index (χ3v) is 4.10. The smallest absolute Gasteiger partial charge is 0.0820 e. The zero-order valence-corrected chi connectivity index (χ0v) is 10.9. The van der Waals surface area contributed by atoms with E-state index < -0.39 is 0 Å². The fourth-order valence-corrected chi connectivity index (χ4v) is 2.98. The van der Waals surface area contributed by atoms with E-state index in [9.17, 15) is 5.11 Å².